The van der Waals surface area contributed by atoms with E-state index in [-0.39, 0.29) is 11.2 Å². The van der Waals surface area contributed by atoms with Crippen molar-refractivity contribution < 1.29 is 9.53 Å². The van der Waals surface area contributed by atoms with Crippen LogP contribution in [0.2, 0.25) is 0 Å². The Labute approximate surface area is 122 Å². The average Bonchev–Trinajstić information content (AvgIpc) is 2.49. The van der Waals surface area contributed by atoms with Gasteiger partial charge in [-0.2, -0.15) is 0 Å². The predicted molar refractivity (Wildman–Crippen MR) is 81.2 cm³/mol. The summed E-state index contributed by atoms with van der Waals surface area (Å²) in [7, 11) is 1.61. The molecule has 20 heavy (non-hydrogen) atoms. The Morgan fingerprint density at radius 1 is 1.25 bits per heavy atom. The molecule has 0 radical (unpaired) electrons. The van der Waals surface area contributed by atoms with E-state index >= 15 is 0 Å². The molecule has 0 spiro atoms. The molecule has 0 bridgehead atoms. The van der Waals surface area contributed by atoms with Crippen LogP contribution in [-0.2, 0) is 4.79 Å². The summed E-state index contributed by atoms with van der Waals surface area (Å²) in [5, 5.41) is 3.49. The van der Waals surface area contributed by atoms with Crippen molar-refractivity contribution >= 4 is 23.4 Å². The molecule has 1 aromatic heterocycles. The number of thioether (sulfide) groups is 1. The number of methoxy groups -OCH3 is 1. The number of amides is 1. The molecule has 104 valence electrons. The monoisotopic (exact) mass is 288 g/mol. The van der Waals surface area contributed by atoms with Crippen molar-refractivity contribution in [3.8, 4) is 5.75 Å². The zero-order valence-corrected chi connectivity index (χ0v) is 12.2. The highest BCUT2D eigenvalue weighted by molar-refractivity contribution is 8.00. The first-order valence-electron chi connectivity index (χ1n) is 6.21. The van der Waals surface area contributed by atoms with Crippen LogP contribution in [0.4, 0.5) is 5.69 Å². The number of aromatic nitrogens is 1. The molecule has 2 aromatic rings. The quantitative estimate of drug-likeness (QED) is 0.858. The minimum Gasteiger partial charge on any atom is -0.497 e. The van der Waals surface area contributed by atoms with Crippen LogP contribution in [0.5, 0.6) is 5.75 Å². The van der Waals surface area contributed by atoms with E-state index in [0.29, 0.717) is 0 Å². The third kappa shape index (κ3) is 3.99. The zero-order chi connectivity index (χ0) is 14.4. The Morgan fingerprint density at radius 3 is 2.60 bits per heavy atom. The third-order valence-corrected chi connectivity index (χ3v) is 3.71. The molecule has 1 amide bonds. The molecule has 1 unspecified atom stereocenters. The first-order valence-corrected chi connectivity index (χ1v) is 7.09. The summed E-state index contributed by atoms with van der Waals surface area (Å²) >= 11 is 1.43. The van der Waals surface area contributed by atoms with Crippen molar-refractivity contribution in [1.82, 2.24) is 4.98 Å². The van der Waals surface area contributed by atoms with E-state index in [4.69, 9.17) is 4.74 Å². The van der Waals surface area contributed by atoms with Gasteiger partial charge in [0.15, 0.2) is 0 Å². The number of benzene rings is 1. The van der Waals surface area contributed by atoms with E-state index in [9.17, 15) is 4.79 Å². The Bertz CT molecular complexity index is 558. The van der Waals surface area contributed by atoms with E-state index in [2.05, 4.69) is 10.3 Å². The van der Waals surface area contributed by atoms with Gasteiger partial charge in [-0.1, -0.05) is 17.8 Å². The van der Waals surface area contributed by atoms with Gasteiger partial charge in [0.2, 0.25) is 5.91 Å². The second-order valence-electron chi connectivity index (χ2n) is 4.15. The second kappa shape index (κ2) is 6.96. The fourth-order valence-corrected chi connectivity index (χ4v) is 2.38. The normalized spacial score (nSPS) is 11.7. The fourth-order valence-electron chi connectivity index (χ4n) is 1.57. The largest absolute Gasteiger partial charge is 0.497 e. The minimum atomic E-state index is -0.216. The van der Waals surface area contributed by atoms with Gasteiger partial charge in [0, 0.05) is 11.9 Å². The molecule has 1 aromatic carbocycles. The first-order chi connectivity index (χ1) is 9.69. The lowest BCUT2D eigenvalue weighted by molar-refractivity contribution is -0.115. The number of hydrogen-bond donors (Lipinski definition) is 1. The molecule has 1 atom stereocenters. The molecule has 0 aliphatic carbocycles. The van der Waals surface area contributed by atoms with Gasteiger partial charge in [0.25, 0.3) is 0 Å². The van der Waals surface area contributed by atoms with Crippen LogP contribution in [0, 0.1) is 0 Å². The van der Waals surface area contributed by atoms with Crippen molar-refractivity contribution in [3.05, 3.63) is 48.7 Å². The van der Waals surface area contributed by atoms with Crippen LogP contribution in [0.3, 0.4) is 0 Å². The van der Waals surface area contributed by atoms with Crippen LogP contribution in [-0.4, -0.2) is 23.3 Å². The smallest absolute Gasteiger partial charge is 0.237 e. The van der Waals surface area contributed by atoms with Gasteiger partial charge in [-0.3, -0.25) is 4.79 Å². The number of carbonyl (C=O) groups excluding carboxylic acids is 1. The Balaban J connectivity index is 1.93. The fraction of sp³-hybridized carbons (Fsp3) is 0.200. The molecule has 5 heteroatoms. The lowest BCUT2D eigenvalue weighted by Gasteiger charge is -2.11. The first kappa shape index (κ1) is 14.4. The summed E-state index contributed by atoms with van der Waals surface area (Å²) < 4.78 is 5.08. The van der Waals surface area contributed by atoms with E-state index < -0.39 is 0 Å². The summed E-state index contributed by atoms with van der Waals surface area (Å²) in [6, 6.07) is 12.9. The maximum absolute atomic E-state index is 12.1. The number of rotatable bonds is 5. The third-order valence-electron chi connectivity index (χ3n) is 2.66. The molecule has 4 nitrogen and oxygen atoms in total. The van der Waals surface area contributed by atoms with Gasteiger partial charge in [0.05, 0.1) is 17.4 Å². The van der Waals surface area contributed by atoms with Crippen LogP contribution < -0.4 is 10.1 Å². The highest BCUT2D eigenvalue weighted by Gasteiger charge is 2.15. The standard InChI is InChI=1S/C15H16N2O2S/c1-11(20-14-5-3-4-10-16-14)15(18)17-12-6-8-13(19-2)9-7-12/h3-11H,1-2H3,(H,17,18). The summed E-state index contributed by atoms with van der Waals surface area (Å²) in [4.78, 5) is 16.3. The van der Waals surface area contributed by atoms with Gasteiger partial charge in [-0.05, 0) is 43.3 Å². The van der Waals surface area contributed by atoms with E-state index in [1.165, 1.54) is 11.8 Å². The number of nitrogens with one attached hydrogen (secondary N) is 1. The van der Waals surface area contributed by atoms with Gasteiger partial charge < -0.3 is 10.1 Å². The van der Waals surface area contributed by atoms with Gasteiger partial charge >= 0.3 is 0 Å². The minimum absolute atomic E-state index is 0.0502. The molecular weight excluding hydrogens is 272 g/mol. The summed E-state index contributed by atoms with van der Waals surface area (Å²) in [6.45, 7) is 1.86. The van der Waals surface area contributed by atoms with E-state index in [0.717, 1.165) is 16.5 Å². The number of anilines is 1. The molecule has 0 saturated heterocycles. The molecule has 0 aliphatic rings. The molecule has 0 aliphatic heterocycles. The Morgan fingerprint density at radius 2 is 2.00 bits per heavy atom. The van der Waals surface area contributed by atoms with Gasteiger partial charge in [0.1, 0.15) is 5.75 Å². The number of carbonyl (C=O) groups is 1. The van der Waals surface area contributed by atoms with Crippen molar-refractivity contribution in [2.75, 3.05) is 12.4 Å². The zero-order valence-electron chi connectivity index (χ0n) is 11.4. The van der Waals surface area contributed by atoms with Crippen molar-refractivity contribution in [2.45, 2.75) is 17.2 Å². The van der Waals surface area contributed by atoms with E-state index in [1.807, 2.05) is 49.4 Å². The van der Waals surface area contributed by atoms with Crippen LogP contribution in [0.25, 0.3) is 0 Å². The summed E-state index contributed by atoms with van der Waals surface area (Å²) in [6.07, 6.45) is 1.72. The highest BCUT2D eigenvalue weighted by atomic mass is 32.2. The molecule has 1 N–H and O–H groups in total. The molecule has 1 heterocycles. The Kier molecular flexibility index (Phi) is 5.01. The maximum Gasteiger partial charge on any atom is 0.237 e. The molecule has 0 fully saturated rings. The van der Waals surface area contributed by atoms with Gasteiger partial charge in [-0.15, -0.1) is 0 Å². The van der Waals surface area contributed by atoms with Crippen molar-refractivity contribution in [3.63, 3.8) is 0 Å². The maximum atomic E-state index is 12.1. The number of hydrogen-bond acceptors (Lipinski definition) is 4. The second-order valence-corrected chi connectivity index (χ2v) is 5.51. The van der Waals surface area contributed by atoms with Crippen LogP contribution in [0.15, 0.2) is 53.7 Å². The molecule has 2 rings (SSSR count). The van der Waals surface area contributed by atoms with Crippen LogP contribution in [0.1, 0.15) is 6.92 Å². The van der Waals surface area contributed by atoms with Crippen LogP contribution >= 0.6 is 11.8 Å². The van der Waals surface area contributed by atoms with Crippen molar-refractivity contribution in [1.29, 1.82) is 0 Å². The van der Waals surface area contributed by atoms with Crippen molar-refractivity contribution in [2.24, 2.45) is 0 Å². The number of ether oxygens (including phenoxy) is 1. The summed E-state index contributed by atoms with van der Waals surface area (Å²) in [5.41, 5.74) is 0.754. The highest BCUT2D eigenvalue weighted by Crippen LogP contribution is 2.22. The molecule has 0 saturated carbocycles. The van der Waals surface area contributed by atoms with E-state index in [1.54, 1.807) is 13.3 Å². The summed E-state index contributed by atoms with van der Waals surface area (Å²) in [5.74, 6) is 0.713. The SMILES string of the molecule is COc1ccc(NC(=O)C(C)Sc2ccccn2)cc1. The number of nitrogens with zero attached hydrogens (tertiary/aromatic N) is 1. The number of pyridine rings is 1. The predicted octanol–water partition coefficient (Wildman–Crippen LogP) is 3.21. The topological polar surface area (TPSA) is 51.2 Å². The lowest BCUT2D eigenvalue weighted by Crippen LogP contribution is -2.22. The Hall–Kier alpha value is -2.01. The molecular formula is C15H16N2O2S. The average molecular weight is 288 g/mol. The lowest BCUT2D eigenvalue weighted by atomic mass is 10.3. The van der Waals surface area contributed by atoms with Gasteiger partial charge in [-0.25, -0.2) is 4.98 Å².